The summed E-state index contributed by atoms with van der Waals surface area (Å²) in [6, 6.07) is 9.67. The van der Waals surface area contributed by atoms with Crippen molar-refractivity contribution in [2.45, 2.75) is 34.6 Å². The number of nitrogens with zero attached hydrogens (tertiary/aromatic N) is 1. The third kappa shape index (κ3) is 4.19. The molecule has 0 aliphatic heterocycles. The molecule has 0 aliphatic carbocycles. The molecule has 0 unspecified atom stereocenters. The number of hydrogen-bond acceptors (Lipinski definition) is 6. The van der Waals surface area contributed by atoms with Crippen molar-refractivity contribution >= 4 is 11.7 Å². The Hall–Kier alpha value is -3.54. The van der Waals surface area contributed by atoms with Crippen LogP contribution in [0.2, 0.25) is 0 Å². The minimum atomic E-state index is -0.523. The number of benzene rings is 2. The number of carbonyl (C=O) groups excluding carboxylic acids is 1. The molecule has 0 atom stereocenters. The fraction of sp³-hybridized carbons (Fsp3) is 0.280. The van der Waals surface area contributed by atoms with Gasteiger partial charge in [0.05, 0.1) is 25.0 Å². The summed E-state index contributed by atoms with van der Waals surface area (Å²) in [7, 11) is 1.62. The monoisotopic (exact) mass is 420 g/mol. The Morgan fingerprint density at radius 3 is 2.39 bits per heavy atom. The molecular weight excluding hydrogens is 392 g/mol. The molecule has 0 aliphatic rings. The van der Waals surface area contributed by atoms with Gasteiger partial charge in [0.15, 0.2) is 0 Å². The van der Waals surface area contributed by atoms with Crippen molar-refractivity contribution in [2.24, 2.45) is 0 Å². The first-order valence-corrected chi connectivity index (χ1v) is 10.1. The Bertz CT molecular complexity index is 1140. The van der Waals surface area contributed by atoms with Crippen LogP contribution in [0.25, 0.3) is 11.1 Å². The van der Waals surface area contributed by atoms with Crippen LogP contribution in [0.3, 0.4) is 0 Å². The summed E-state index contributed by atoms with van der Waals surface area (Å²) >= 11 is 0. The van der Waals surface area contributed by atoms with Gasteiger partial charge in [-0.25, -0.2) is 9.78 Å². The van der Waals surface area contributed by atoms with Crippen LogP contribution in [0.1, 0.15) is 39.5 Å². The second kappa shape index (κ2) is 9.08. The molecular formula is C25H28N2O4. The maximum Gasteiger partial charge on any atom is 0.341 e. The molecule has 6 heteroatoms. The zero-order valence-electron chi connectivity index (χ0n) is 18.8. The molecule has 0 bridgehead atoms. The van der Waals surface area contributed by atoms with E-state index in [1.807, 2.05) is 58.0 Å². The van der Waals surface area contributed by atoms with E-state index in [1.54, 1.807) is 14.0 Å². The van der Waals surface area contributed by atoms with Crippen molar-refractivity contribution in [1.29, 1.82) is 0 Å². The first-order chi connectivity index (χ1) is 14.8. The Morgan fingerprint density at radius 1 is 0.968 bits per heavy atom. The van der Waals surface area contributed by atoms with Gasteiger partial charge in [-0.05, 0) is 74.6 Å². The van der Waals surface area contributed by atoms with Gasteiger partial charge in [0.1, 0.15) is 17.1 Å². The molecule has 1 aromatic heterocycles. The fourth-order valence-electron chi connectivity index (χ4n) is 3.57. The lowest BCUT2D eigenvalue weighted by Crippen LogP contribution is -2.11. The minimum absolute atomic E-state index is 0.201. The third-order valence-corrected chi connectivity index (χ3v) is 5.43. The van der Waals surface area contributed by atoms with E-state index in [-0.39, 0.29) is 17.9 Å². The summed E-state index contributed by atoms with van der Waals surface area (Å²) in [5.41, 5.74) is 12.3. The quantitative estimate of drug-likeness (QED) is 0.527. The number of ether oxygens (including phenoxy) is 3. The van der Waals surface area contributed by atoms with E-state index in [1.165, 1.54) is 6.20 Å². The zero-order valence-corrected chi connectivity index (χ0v) is 18.8. The molecule has 2 N–H and O–H groups in total. The molecule has 0 saturated heterocycles. The largest absolute Gasteiger partial charge is 0.496 e. The highest BCUT2D eigenvalue weighted by atomic mass is 16.5. The predicted octanol–water partition coefficient (Wildman–Crippen LogP) is 5.54. The standard InChI is InChI=1S/C25H28N2O4/c1-7-30-25(28)18-13-27-24(31-20-10-8-9-14(2)16(20)4)22(23(18)26)21-15(3)11-12-19(29-6)17(21)5/h8-13H,7H2,1-6H3,(H2,26,27). The van der Waals surface area contributed by atoms with Gasteiger partial charge in [0, 0.05) is 6.20 Å². The predicted molar refractivity (Wildman–Crippen MR) is 122 cm³/mol. The van der Waals surface area contributed by atoms with Crippen LogP contribution in [-0.4, -0.2) is 24.7 Å². The Labute approximate surface area is 183 Å². The number of carbonyl (C=O) groups is 1. The maximum atomic E-state index is 12.5. The molecule has 2 aromatic carbocycles. The summed E-state index contributed by atoms with van der Waals surface area (Å²) < 4.78 is 16.9. The zero-order chi connectivity index (χ0) is 22.7. The van der Waals surface area contributed by atoms with Gasteiger partial charge in [-0.2, -0.15) is 0 Å². The highest BCUT2D eigenvalue weighted by Gasteiger charge is 2.24. The lowest BCUT2D eigenvalue weighted by molar-refractivity contribution is 0.0527. The number of anilines is 1. The van der Waals surface area contributed by atoms with E-state index in [9.17, 15) is 4.79 Å². The van der Waals surface area contributed by atoms with Gasteiger partial charge in [0.25, 0.3) is 0 Å². The third-order valence-electron chi connectivity index (χ3n) is 5.43. The smallest absolute Gasteiger partial charge is 0.341 e. The molecule has 6 nitrogen and oxygen atoms in total. The number of rotatable bonds is 6. The second-order valence-corrected chi connectivity index (χ2v) is 7.37. The molecule has 0 fully saturated rings. The first-order valence-electron chi connectivity index (χ1n) is 10.1. The first kappa shape index (κ1) is 22.2. The van der Waals surface area contributed by atoms with Gasteiger partial charge < -0.3 is 19.9 Å². The summed E-state index contributed by atoms with van der Waals surface area (Å²) in [5, 5.41) is 0. The molecule has 0 radical (unpaired) electrons. The summed E-state index contributed by atoms with van der Waals surface area (Å²) in [6.45, 7) is 9.91. The number of hydrogen-bond donors (Lipinski definition) is 1. The number of aromatic nitrogens is 1. The van der Waals surface area contributed by atoms with Crippen LogP contribution < -0.4 is 15.2 Å². The fourth-order valence-corrected chi connectivity index (χ4v) is 3.57. The van der Waals surface area contributed by atoms with Gasteiger partial charge in [-0.1, -0.05) is 18.2 Å². The molecule has 31 heavy (non-hydrogen) atoms. The number of nitrogens with two attached hydrogens (primary N) is 1. The molecule has 162 valence electrons. The Balaban J connectivity index is 2.29. The van der Waals surface area contributed by atoms with Gasteiger partial charge in [-0.15, -0.1) is 0 Å². The highest BCUT2D eigenvalue weighted by molar-refractivity contribution is 6.01. The van der Waals surface area contributed by atoms with Crippen LogP contribution in [-0.2, 0) is 4.74 Å². The maximum absolute atomic E-state index is 12.5. The highest BCUT2D eigenvalue weighted by Crippen LogP contribution is 2.43. The molecule has 3 rings (SSSR count). The van der Waals surface area contributed by atoms with Gasteiger partial charge in [-0.3, -0.25) is 0 Å². The molecule has 3 aromatic rings. The average molecular weight is 421 g/mol. The molecule has 0 spiro atoms. The molecule has 0 amide bonds. The minimum Gasteiger partial charge on any atom is -0.496 e. The molecule has 1 heterocycles. The van der Waals surface area contributed by atoms with E-state index in [0.29, 0.717) is 22.9 Å². The van der Waals surface area contributed by atoms with E-state index in [4.69, 9.17) is 19.9 Å². The van der Waals surface area contributed by atoms with Crippen molar-refractivity contribution in [3.8, 4) is 28.5 Å². The number of aryl methyl sites for hydroxylation is 2. The van der Waals surface area contributed by atoms with E-state index < -0.39 is 5.97 Å². The average Bonchev–Trinajstić information content (AvgIpc) is 2.73. The van der Waals surface area contributed by atoms with E-state index in [0.717, 1.165) is 27.8 Å². The van der Waals surface area contributed by atoms with Gasteiger partial charge in [0.2, 0.25) is 5.88 Å². The van der Waals surface area contributed by atoms with Crippen LogP contribution >= 0.6 is 0 Å². The van der Waals surface area contributed by atoms with Crippen molar-refractivity contribution in [3.05, 3.63) is 64.3 Å². The Morgan fingerprint density at radius 2 is 1.71 bits per heavy atom. The van der Waals surface area contributed by atoms with Crippen molar-refractivity contribution in [2.75, 3.05) is 19.5 Å². The summed E-state index contributed by atoms with van der Waals surface area (Å²) in [4.78, 5) is 17.0. The topological polar surface area (TPSA) is 83.7 Å². The summed E-state index contributed by atoms with van der Waals surface area (Å²) in [5.74, 6) is 1.18. The molecule has 0 saturated carbocycles. The van der Waals surface area contributed by atoms with Crippen LogP contribution in [0.15, 0.2) is 36.5 Å². The van der Waals surface area contributed by atoms with Crippen molar-refractivity contribution in [3.63, 3.8) is 0 Å². The lowest BCUT2D eigenvalue weighted by atomic mass is 9.93. The van der Waals surface area contributed by atoms with Crippen molar-refractivity contribution in [1.82, 2.24) is 4.98 Å². The Kier molecular flexibility index (Phi) is 6.49. The van der Waals surface area contributed by atoms with Crippen LogP contribution in [0.5, 0.6) is 17.4 Å². The summed E-state index contributed by atoms with van der Waals surface area (Å²) in [6.07, 6.45) is 1.40. The van der Waals surface area contributed by atoms with Crippen LogP contribution in [0, 0.1) is 27.7 Å². The second-order valence-electron chi connectivity index (χ2n) is 7.37. The number of esters is 1. The number of nitrogen functional groups attached to an aromatic ring is 1. The normalized spacial score (nSPS) is 10.6. The van der Waals surface area contributed by atoms with Gasteiger partial charge >= 0.3 is 5.97 Å². The lowest BCUT2D eigenvalue weighted by Gasteiger charge is -2.20. The SMILES string of the molecule is CCOC(=O)c1cnc(Oc2cccc(C)c2C)c(-c2c(C)ccc(OC)c2C)c1N. The number of pyridine rings is 1. The van der Waals surface area contributed by atoms with E-state index in [2.05, 4.69) is 4.98 Å². The number of methoxy groups -OCH3 is 1. The van der Waals surface area contributed by atoms with E-state index >= 15 is 0 Å². The van der Waals surface area contributed by atoms with Crippen LogP contribution in [0.4, 0.5) is 5.69 Å². The van der Waals surface area contributed by atoms with Crippen molar-refractivity contribution < 1.29 is 19.0 Å².